The van der Waals surface area contributed by atoms with Gasteiger partial charge < -0.3 is 0 Å². The molecule has 0 spiro atoms. The van der Waals surface area contributed by atoms with Crippen molar-refractivity contribution in [2.24, 2.45) is 4.99 Å². The maximum absolute atomic E-state index is 10.1. The summed E-state index contributed by atoms with van der Waals surface area (Å²) in [6.07, 6.45) is 3.84. The minimum Gasteiger partial charge on any atom is -0.211 e. The van der Waals surface area contributed by atoms with E-state index in [-0.39, 0.29) is 0 Å². The van der Waals surface area contributed by atoms with Crippen molar-refractivity contribution in [2.75, 3.05) is 0 Å². The number of nitrogens with zero attached hydrogens (tertiary/aromatic N) is 1. The summed E-state index contributed by atoms with van der Waals surface area (Å²) in [7, 11) is 0. The van der Waals surface area contributed by atoms with Gasteiger partial charge in [0.25, 0.3) is 0 Å². The highest BCUT2D eigenvalue weighted by atomic mass is 16.1. The topological polar surface area (TPSA) is 29.4 Å². The summed E-state index contributed by atoms with van der Waals surface area (Å²) in [4.78, 5) is 13.8. The highest BCUT2D eigenvalue weighted by Crippen LogP contribution is 2.26. The van der Waals surface area contributed by atoms with E-state index in [2.05, 4.69) is 24.9 Å². The fraction of sp³-hybridized carbons (Fsp3) is 0.462. The summed E-state index contributed by atoms with van der Waals surface area (Å²) in [5.41, 5.74) is 2.47. The second-order valence-electron chi connectivity index (χ2n) is 3.62. The Morgan fingerprint density at radius 1 is 1.27 bits per heavy atom. The molecule has 0 aliphatic carbocycles. The molecule has 0 aliphatic rings. The summed E-state index contributed by atoms with van der Waals surface area (Å²) < 4.78 is 0. The molecule has 0 bridgehead atoms. The molecule has 0 radical (unpaired) electrons. The van der Waals surface area contributed by atoms with Crippen LogP contribution in [-0.2, 0) is 11.3 Å². The Bertz CT molecular complexity index is 349. The lowest BCUT2D eigenvalue weighted by Crippen LogP contribution is -2.00. The predicted octanol–water partition coefficient (Wildman–Crippen LogP) is 3.43. The molecule has 2 nitrogen and oxygen atoms in total. The number of hydrogen-bond acceptors (Lipinski definition) is 2. The smallest absolute Gasteiger partial charge is 0.211 e. The molecule has 0 amide bonds. The number of hydrogen-bond donors (Lipinski definition) is 0. The fourth-order valence-electron chi connectivity index (χ4n) is 1.92. The standard InChI is InChI=1S/C13H17NO/c1-3-11(4-2)13-8-6-5-7-12(13)9-14-10-15/h5-8,11H,3-4,9H2,1-2H3. The largest absolute Gasteiger partial charge is 0.235 e. The Kier molecular flexibility index (Phi) is 4.79. The predicted molar refractivity (Wildman–Crippen MR) is 61.6 cm³/mol. The molecule has 1 aromatic carbocycles. The van der Waals surface area contributed by atoms with Gasteiger partial charge in [-0.15, -0.1) is 0 Å². The van der Waals surface area contributed by atoms with Gasteiger partial charge in [0.1, 0.15) is 0 Å². The summed E-state index contributed by atoms with van der Waals surface area (Å²) in [5, 5.41) is 0. The van der Waals surface area contributed by atoms with Crippen LogP contribution in [0.4, 0.5) is 0 Å². The Morgan fingerprint density at radius 2 is 1.93 bits per heavy atom. The van der Waals surface area contributed by atoms with Gasteiger partial charge in [-0.3, -0.25) is 0 Å². The van der Waals surface area contributed by atoms with E-state index in [1.165, 1.54) is 5.56 Å². The average Bonchev–Trinajstić information content (AvgIpc) is 2.29. The molecule has 80 valence electrons. The molecular formula is C13H17NO. The highest BCUT2D eigenvalue weighted by Gasteiger charge is 2.10. The van der Waals surface area contributed by atoms with Gasteiger partial charge in [0.15, 0.2) is 0 Å². The monoisotopic (exact) mass is 203 g/mol. The second kappa shape index (κ2) is 6.15. The van der Waals surface area contributed by atoms with Crippen LogP contribution in [0, 0.1) is 0 Å². The van der Waals surface area contributed by atoms with Gasteiger partial charge in [0.2, 0.25) is 6.08 Å². The average molecular weight is 203 g/mol. The van der Waals surface area contributed by atoms with Crippen molar-refractivity contribution in [3.05, 3.63) is 35.4 Å². The summed E-state index contributed by atoms with van der Waals surface area (Å²) in [6.45, 7) is 4.83. The van der Waals surface area contributed by atoms with Gasteiger partial charge >= 0.3 is 0 Å². The van der Waals surface area contributed by atoms with Crippen LogP contribution in [0.15, 0.2) is 29.3 Å². The maximum Gasteiger partial charge on any atom is 0.235 e. The van der Waals surface area contributed by atoms with Gasteiger partial charge in [-0.25, -0.2) is 9.79 Å². The van der Waals surface area contributed by atoms with Crippen LogP contribution >= 0.6 is 0 Å². The zero-order valence-corrected chi connectivity index (χ0v) is 9.36. The van der Waals surface area contributed by atoms with Crippen LogP contribution in [0.3, 0.4) is 0 Å². The third-order valence-electron chi connectivity index (χ3n) is 2.79. The fourth-order valence-corrected chi connectivity index (χ4v) is 1.92. The van der Waals surface area contributed by atoms with E-state index in [0.717, 1.165) is 18.4 Å². The zero-order valence-electron chi connectivity index (χ0n) is 9.36. The minimum atomic E-state index is 0.455. The lowest BCUT2D eigenvalue weighted by atomic mass is 9.90. The van der Waals surface area contributed by atoms with E-state index in [9.17, 15) is 4.79 Å². The molecule has 0 fully saturated rings. The Morgan fingerprint density at radius 3 is 2.53 bits per heavy atom. The van der Waals surface area contributed by atoms with E-state index in [1.54, 1.807) is 6.08 Å². The summed E-state index contributed by atoms with van der Waals surface area (Å²) >= 11 is 0. The van der Waals surface area contributed by atoms with Crippen LogP contribution in [0.1, 0.15) is 43.7 Å². The first-order valence-electron chi connectivity index (χ1n) is 5.44. The molecule has 1 rings (SSSR count). The van der Waals surface area contributed by atoms with Crippen molar-refractivity contribution in [3.8, 4) is 0 Å². The Hall–Kier alpha value is -1.40. The van der Waals surface area contributed by atoms with Crippen LogP contribution in [0.5, 0.6) is 0 Å². The number of rotatable bonds is 5. The van der Waals surface area contributed by atoms with Crippen molar-refractivity contribution in [1.29, 1.82) is 0 Å². The zero-order chi connectivity index (χ0) is 11.1. The molecule has 0 N–H and O–H groups in total. The van der Waals surface area contributed by atoms with E-state index in [4.69, 9.17) is 0 Å². The van der Waals surface area contributed by atoms with Crippen molar-refractivity contribution >= 4 is 6.08 Å². The van der Waals surface area contributed by atoms with Crippen molar-refractivity contribution in [1.82, 2.24) is 0 Å². The Labute approximate surface area is 91.0 Å². The molecule has 0 aliphatic heterocycles. The quantitative estimate of drug-likeness (QED) is 0.532. The van der Waals surface area contributed by atoms with Crippen LogP contribution in [0.2, 0.25) is 0 Å². The van der Waals surface area contributed by atoms with Gasteiger partial charge in [-0.1, -0.05) is 38.1 Å². The van der Waals surface area contributed by atoms with Crippen LogP contribution in [-0.4, -0.2) is 6.08 Å². The lowest BCUT2D eigenvalue weighted by Gasteiger charge is -2.16. The molecule has 0 aromatic heterocycles. The highest BCUT2D eigenvalue weighted by molar-refractivity contribution is 5.36. The first-order chi connectivity index (χ1) is 7.33. The normalized spacial score (nSPS) is 10.1. The molecule has 2 heteroatoms. The third kappa shape index (κ3) is 3.03. The van der Waals surface area contributed by atoms with Crippen molar-refractivity contribution in [3.63, 3.8) is 0 Å². The van der Waals surface area contributed by atoms with Gasteiger partial charge in [-0.05, 0) is 29.9 Å². The van der Waals surface area contributed by atoms with E-state index >= 15 is 0 Å². The van der Waals surface area contributed by atoms with E-state index < -0.39 is 0 Å². The van der Waals surface area contributed by atoms with Gasteiger partial charge in [-0.2, -0.15) is 0 Å². The SMILES string of the molecule is CCC(CC)c1ccccc1CN=C=O. The molecule has 0 unspecified atom stereocenters. The molecule has 0 heterocycles. The third-order valence-corrected chi connectivity index (χ3v) is 2.79. The first-order valence-corrected chi connectivity index (χ1v) is 5.44. The van der Waals surface area contributed by atoms with E-state index in [1.807, 2.05) is 18.2 Å². The number of isocyanates is 1. The first kappa shape index (κ1) is 11.7. The Balaban J connectivity index is 2.98. The maximum atomic E-state index is 10.1. The molecule has 0 saturated carbocycles. The number of carbonyl (C=O) groups excluding carboxylic acids is 1. The number of benzene rings is 1. The molecule has 15 heavy (non-hydrogen) atoms. The van der Waals surface area contributed by atoms with E-state index in [0.29, 0.717) is 12.5 Å². The summed E-state index contributed by atoms with van der Waals surface area (Å²) in [6, 6.07) is 8.20. The summed E-state index contributed by atoms with van der Waals surface area (Å²) in [5.74, 6) is 0.572. The van der Waals surface area contributed by atoms with Gasteiger partial charge in [0, 0.05) is 0 Å². The van der Waals surface area contributed by atoms with Gasteiger partial charge in [0.05, 0.1) is 6.54 Å². The molecular weight excluding hydrogens is 186 g/mol. The van der Waals surface area contributed by atoms with Crippen LogP contribution < -0.4 is 0 Å². The van der Waals surface area contributed by atoms with Crippen molar-refractivity contribution < 1.29 is 4.79 Å². The second-order valence-corrected chi connectivity index (χ2v) is 3.62. The molecule has 0 atom stereocenters. The molecule has 1 aromatic rings. The molecule has 0 saturated heterocycles. The lowest BCUT2D eigenvalue weighted by molar-refractivity contribution is 0.562. The van der Waals surface area contributed by atoms with Crippen molar-refractivity contribution in [2.45, 2.75) is 39.2 Å². The minimum absolute atomic E-state index is 0.455. The van der Waals surface area contributed by atoms with Crippen LogP contribution in [0.25, 0.3) is 0 Å². The number of aliphatic imine (C=N–C) groups is 1.